The maximum atomic E-state index is 13.5. The standard InChI is InChI=1S/C28H27N3OS2/c1-28(2,3)20-12-13-21-18(15-20)14-19(16-29)27(30-21)33-17-26(32)31-22-8-4-6-10-24(22)34-25-11-7-5-9-23(25)31/h4-11,14,20H,12-13,15,17H2,1-3H3/t20-/m0/s1. The summed E-state index contributed by atoms with van der Waals surface area (Å²) in [6, 6.07) is 20.3. The summed E-state index contributed by atoms with van der Waals surface area (Å²) in [4.78, 5) is 22.3. The maximum absolute atomic E-state index is 13.5. The van der Waals surface area contributed by atoms with Crippen molar-refractivity contribution in [3.8, 4) is 6.07 Å². The number of aromatic nitrogens is 1. The van der Waals surface area contributed by atoms with Gasteiger partial charge in [-0.1, -0.05) is 68.6 Å². The van der Waals surface area contributed by atoms with Crippen LogP contribution in [0.25, 0.3) is 0 Å². The van der Waals surface area contributed by atoms with Gasteiger partial charge in [0.2, 0.25) is 5.91 Å². The second kappa shape index (κ2) is 9.13. The first kappa shape index (κ1) is 23.0. The number of nitrogens with zero attached hydrogens (tertiary/aromatic N) is 3. The number of para-hydroxylation sites is 2. The molecule has 0 saturated heterocycles. The van der Waals surface area contributed by atoms with Gasteiger partial charge in [0.15, 0.2) is 0 Å². The molecule has 1 aromatic heterocycles. The van der Waals surface area contributed by atoms with E-state index >= 15 is 0 Å². The van der Waals surface area contributed by atoms with Crippen molar-refractivity contribution in [3.05, 3.63) is 71.4 Å². The molecule has 2 aromatic carbocycles. The Balaban J connectivity index is 1.40. The molecule has 0 radical (unpaired) electrons. The third-order valence-corrected chi connectivity index (χ3v) is 8.82. The van der Waals surface area contributed by atoms with E-state index in [4.69, 9.17) is 4.98 Å². The molecule has 172 valence electrons. The van der Waals surface area contributed by atoms with E-state index in [1.54, 1.807) is 11.8 Å². The molecule has 4 nitrogen and oxygen atoms in total. The van der Waals surface area contributed by atoms with Crippen LogP contribution in [0.15, 0.2) is 69.4 Å². The molecule has 0 fully saturated rings. The fourth-order valence-electron chi connectivity index (χ4n) is 4.74. The van der Waals surface area contributed by atoms with Crippen LogP contribution in [-0.4, -0.2) is 16.6 Å². The van der Waals surface area contributed by atoms with E-state index in [2.05, 4.69) is 26.8 Å². The second-order valence-corrected chi connectivity index (χ2v) is 12.0. The van der Waals surface area contributed by atoms with E-state index < -0.39 is 0 Å². The van der Waals surface area contributed by atoms with Crippen LogP contribution in [0.3, 0.4) is 0 Å². The SMILES string of the molecule is CC(C)(C)[C@H]1CCc2nc(SCC(=O)N3c4ccccc4Sc4ccccc43)c(C#N)cc2C1. The maximum Gasteiger partial charge on any atom is 0.242 e. The zero-order chi connectivity index (χ0) is 23.9. The van der Waals surface area contributed by atoms with Crippen LogP contribution in [0.5, 0.6) is 0 Å². The summed E-state index contributed by atoms with van der Waals surface area (Å²) in [5.74, 6) is 0.797. The average Bonchev–Trinajstić information content (AvgIpc) is 2.84. The lowest BCUT2D eigenvalue weighted by molar-refractivity contribution is -0.115. The number of pyridine rings is 1. The highest BCUT2D eigenvalue weighted by Crippen LogP contribution is 2.48. The summed E-state index contributed by atoms with van der Waals surface area (Å²) in [7, 11) is 0. The fraction of sp³-hybridized carbons (Fsp3) is 0.321. The van der Waals surface area contributed by atoms with Crippen molar-refractivity contribution in [2.24, 2.45) is 11.3 Å². The number of carbonyl (C=O) groups is 1. The normalized spacial score (nSPS) is 16.8. The summed E-state index contributed by atoms with van der Waals surface area (Å²) in [6.07, 6.45) is 3.00. The summed E-state index contributed by atoms with van der Waals surface area (Å²) in [6.45, 7) is 6.85. The molecular weight excluding hydrogens is 458 g/mol. The molecule has 2 heterocycles. The third kappa shape index (κ3) is 4.35. The van der Waals surface area contributed by atoms with Crippen LogP contribution in [0.2, 0.25) is 0 Å². The van der Waals surface area contributed by atoms with Gasteiger partial charge in [0.25, 0.3) is 0 Å². The zero-order valence-corrected chi connectivity index (χ0v) is 21.3. The number of benzene rings is 2. The molecule has 1 aliphatic heterocycles. The van der Waals surface area contributed by atoms with E-state index in [9.17, 15) is 10.1 Å². The lowest BCUT2D eigenvalue weighted by Gasteiger charge is -2.34. The highest BCUT2D eigenvalue weighted by atomic mass is 32.2. The Morgan fingerprint density at radius 1 is 1.15 bits per heavy atom. The van der Waals surface area contributed by atoms with Crippen LogP contribution in [0.4, 0.5) is 11.4 Å². The molecule has 1 amide bonds. The van der Waals surface area contributed by atoms with Gasteiger partial charge < -0.3 is 0 Å². The quantitative estimate of drug-likeness (QED) is 0.373. The van der Waals surface area contributed by atoms with Crippen LogP contribution in [0, 0.1) is 22.7 Å². The Morgan fingerprint density at radius 3 is 2.41 bits per heavy atom. The van der Waals surface area contributed by atoms with Crippen molar-refractivity contribution < 1.29 is 4.79 Å². The highest BCUT2D eigenvalue weighted by molar-refractivity contribution is 8.00. The van der Waals surface area contributed by atoms with Crippen LogP contribution >= 0.6 is 23.5 Å². The number of anilines is 2. The molecule has 1 atom stereocenters. The van der Waals surface area contributed by atoms with Crippen LogP contribution < -0.4 is 4.90 Å². The number of rotatable bonds is 3. The first-order valence-electron chi connectivity index (χ1n) is 11.6. The summed E-state index contributed by atoms with van der Waals surface area (Å²) < 4.78 is 0. The van der Waals surface area contributed by atoms with Crippen molar-refractivity contribution in [3.63, 3.8) is 0 Å². The lowest BCUT2D eigenvalue weighted by Crippen LogP contribution is -2.30. The van der Waals surface area contributed by atoms with Gasteiger partial charge in [-0.3, -0.25) is 9.69 Å². The van der Waals surface area contributed by atoms with Gasteiger partial charge in [0.1, 0.15) is 11.1 Å². The minimum absolute atomic E-state index is 0.0126. The molecule has 3 aromatic rings. The smallest absolute Gasteiger partial charge is 0.242 e. The zero-order valence-electron chi connectivity index (χ0n) is 19.7. The van der Waals surface area contributed by atoms with E-state index in [-0.39, 0.29) is 17.1 Å². The molecule has 5 rings (SSSR count). The number of hydrogen-bond acceptors (Lipinski definition) is 5. The van der Waals surface area contributed by atoms with Gasteiger partial charge in [-0.2, -0.15) is 5.26 Å². The van der Waals surface area contributed by atoms with E-state index in [1.807, 2.05) is 59.5 Å². The summed E-state index contributed by atoms with van der Waals surface area (Å²) >= 11 is 3.06. The van der Waals surface area contributed by atoms with Crippen LogP contribution in [-0.2, 0) is 17.6 Å². The molecular formula is C28H27N3OS2. The molecule has 2 aliphatic rings. The number of amides is 1. The van der Waals surface area contributed by atoms with Crippen molar-refractivity contribution in [1.29, 1.82) is 5.26 Å². The molecule has 0 spiro atoms. The van der Waals surface area contributed by atoms with Crippen molar-refractivity contribution in [2.75, 3.05) is 10.7 Å². The Hall–Kier alpha value is -2.75. The van der Waals surface area contributed by atoms with E-state index in [0.29, 0.717) is 16.5 Å². The molecule has 34 heavy (non-hydrogen) atoms. The molecule has 1 aliphatic carbocycles. The number of hydrogen-bond donors (Lipinski definition) is 0. The highest BCUT2D eigenvalue weighted by Gasteiger charge is 2.31. The van der Waals surface area contributed by atoms with Gasteiger partial charge in [-0.25, -0.2) is 4.98 Å². The molecule has 0 unspecified atom stereocenters. The molecule has 0 saturated carbocycles. The Kier molecular flexibility index (Phi) is 6.18. The molecule has 6 heteroatoms. The molecule has 0 bridgehead atoms. The predicted molar refractivity (Wildman–Crippen MR) is 139 cm³/mol. The topological polar surface area (TPSA) is 57.0 Å². The minimum Gasteiger partial charge on any atom is -0.278 e. The first-order valence-corrected chi connectivity index (χ1v) is 13.4. The second-order valence-electron chi connectivity index (χ2n) is 9.92. The van der Waals surface area contributed by atoms with Gasteiger partial charge in [-0.05, 0) is 66.5 Å². The van der Waals surface area contributed by atoms with E-state index in [0.717, 1.165) is 46.1 Å². The summed E-state index contributed by atoms with van der Waals surface area (Å²) in [5, 5.41) is 10.5. The van der Waals surface area contributed by atoms with Gasteiger partial charge in [0, 0.05) is 15.5 Å². The lowest BCUT2D eigenvalue weighted by atomic mass is 9.71. The molecule has 0 N–H and O–H groups in total. The predicted octanol–water partition coefficient (Wildman–Crippen LogP) is 7.03. The van der Waals surface area contributed by atoms with Gasteiger partial charge >= 0.3 is 0 Å². The van der Waals surface area contributed by atoms with Crippen molar-refractivity contribution in [2.45, 2.75) is 54.9 Å². The first-order chi connectivity index (χ1) is 16.3. The Labute approximate surface area is 209 Å². The average molecular weight is 486 g/mol. The Bertz CT molecular complexity index is 1260. The number of aryl methyl sites for hydroxylation is 1. The number of nitriles is 1. The minimum atomic E-state index is -0.0126. The van der Waals surface area contributed by atoms with E-state index in [1.165, 1.54) is 17.3 Å². The van der Waals surface area contributed by atoms with Gasteiger partial charge in [-0.15, -0.1) is 0 Å². The van der Waals surface area contributed by atoms with Crippen molar-refractivity contribution >= 4 is 40.8 Å². The Morgan fingerprint density at radius 2 is 1.79 bits per heavy atom. The number of carbonyl (C=O) groups excluding carboxylic acids is 1. The monoisotopic (exact) mass is 485 g/mol. The third-order valence-electron chi connectivity index (χ3n) is 6.71. The van der Waals surface area contributed by atoms with Crippen LogP contribution in [0.1, 0.15) is 44.0 Å². The fourth-order valence-corrected chi connectivity index (χ4v) is 6.62. The van der Waals surface area contributed by atoms with Gasteiger partial charge in [0.05, 0.1) is 22.7 Å². The number of thioether (sulfide) groups is 1. The summed E-state index contributed by atoms with van der Waals surface area (Å²) in [5.41, 5.74) is 4.90. The largest absolute Gasteiger partial charge is 0.278 e. The van der Waals surface area contributed by atoms with Crippen molar-refractivity contribution in [1.82, 2.24) is 4.98 Å². The number of fused-ring (bicyclic) bond motifs is 3.